The van der Waals surface area contributed by atoms with E-state index in [-0.39, 0.29) is 5.97 Å². The van der Waals surface area contributed by atoms with Gasteiger partial charge in [0.05, 0.1) is 24.9 Å². The van der Waals surface area contributed by atoms with E-state index in [1.54, 1.807) is 6.07 Å². The smallest absolute Gasteiger partial charge is 0.340 e. The highest BCUT2D eigenvalue weighted by Gasteiger charge is 2.16. The van der Waals surface area contributed by atoms with Gasteiger partial charge in [-0.25, -0.2) is 4.79 Å². The maximum atomic E-state index is 11.7. The van der Waals surface area contributed by atoms with E-state index in [4.69, 9.17) is 17.0 Å². The predicted octanol–water partition coefficient (Wildman–Crippen LogP) is 2.37. The molecular formula is C14H18N4O2S2. The molecule has 0 saturated carbocycles. The zero-order chi connectivity index (χ0) is 16.3. The summed E-state index contributed by atoms with van der Waals surface area (Å²) in [5, 5.41) is 11.6. The van der Waals surface area contributed by atoms with Gasteiger partial charge in [0.1, 0.15) is 5.00 Å². The van der Waals surface area contributed by atoms with E-state index in [9.17, 15) is 4.79 Å². The maximum absolute atomic E-state index is 11.7. The molecule has 0 aliphatic carbocycles. The Labute approximate surface area is 138 Å². The quantitative estimate of drug-likeness (QED) is 0.659. The second-order valence-electron chi connectivity index (χ2n) is 4.80. The van der Waals surface area contributed by atoms with Gasteiger partial charge < -0.3 is 15.4 Å². The Balaban J connectivity index is 1.99. The molecule has 2 N–H and O–H groups in total. The van der Waals surface area contributed by atoms with Crippen LogP contribution in [-0.4, -0.2) is 28.0 Å². The Morgan fingerprint density at radius 3 is 2.77 bits per heavy atom. The van der Waals surface area contributed by atoms with Crippen molar-refractivity contribution in [2.75, 3.05) is 12.4 Å². The highest BCUT2D eigenvalue weighted by atomic mass is 32.1. The van der Waals surface area contributed by atoms with Gasteiger partial charge in [0.2, 0.25) is 0 Å². The van der Waals surface area contributed by atoms with E-state index in [2.05, 4.69) is 15.7 Å². The van der Waals surface area contributed by atoms with Crippen molar-refractivity contribution >= 4 is 39.6 Å². The number of carbonyl (C=O) groups excluding carboxylic acids is 1. The number of rotatable bonds is 4. The molecule has 0 bridgehead atoms. The molecule has 8 heteroatoms. The first-order valence-corrected chi connectivity index (χ1v) is 7.86. The van der Waals surface area contributed by atoms with Gasteiger partial charge in [0, 0.05) is 17.6 Å². The molecule has 0 spiro atoms. The predicted molar refractivity (Wildman–Crippen MR) is 91.4 cm³/mol. The van der Waals surface area contributed by atoms with Crippen molar-refractivity contribution in [3.05, 3.63) is 34.0 Å². The van der Waals surface area contributed by atoms with Crippen molar-refractivity contribution in [1.82, 2.24) is 15.1 Å². The SMILES string of the molecule is COC(=O)c1cc(C)sc1NC(=S)NCc1cc(C)n(C)n1. The van der Waals surface area contributed by atoms with E-state index < -0.39 is 0 Å². The summed E-state index contributed by atoms with van der Waals surface area (Å²) in [4.78, 5) is 12.7. The van der Waals surface area contributed by atoms with Crippen LogP contribution < -0.4 is 10.6 Å². The van der Waals surface area contributed by atoms with Crippen LogP contribution in [0.2, 0.25) is 0 Å². The van der Waals surface area contributed by atoms with Crippen LogP contribution in [0.5, 0.6) is 0 Å². The lowest BCUT2D eigenvalue weighted by Crippen LogP contribution is -2.28. The first kappa shape index (κ1) is 16.4. The van der Waals surface area contributed by atoms with Crippen LogP contribution in [0.15, 0.2) is 12.1 Å². The molecule has 0 saturated heterocycles. The number of hydrogen-bond donors (Lipinski definition) is 2. The molecule has 2 heterocycles. The van der Waals surface area contributed by atoms with Gasteiger partial charge in [-0.2, -0.15) is 5.10 Å². The summed E-state index contributed by atoms with van der Waals surface area (Å²) < 4.78 is 6.58. The zero-order valence-corrected chi connectivity index (χ0v) is 14.5. The Hall–Kier alpha value is -1.93. The van der Waals surface area contributed by atoms with E-state index in [0.29, 0.717) is 22.2 Å². The van der Waals surface area contributed by atoms with E-state index in [0.717, 1.165) is 16.3 Å². The lowest BCUT2D eigenvalue weighted by Gasteiger charge is -2.09. The Morgan fingerprint density at radius 2 is 2.18 bits per heavy atom. The normalized spacial score (nSPS) is 10.4. The minimum absolute atomic E-state index is 0.380. The summed E-state index contributed by atoms with van der Waals surface area (Å²) in [6, 6.07) is 3.77. The number of esters is 1. The molecule has 0 aliphatic heterocycles. The number of nitrogens with one attached hydrogen (secondary N) is 2. The number of methoxy groups -OCH3 is 1. The van der Waals surface area contributed by atoms with Crippen molar-refractivity contribution in [2.24, 2.45) is 7.05 Å². The standard InChI is InChI=1S/C14H18N4O2S2/c1-8-5-10(17-18(8)3)7-15-14(21)16-12-11(13(19)20-4)6-9(2)22-12/h5-6H,7H2,1-4H3,(H2,15,16,21). The average molecular weight is 338 g/mol. The topological polar surface area (TPSA) is 68.2 Å². The van der Waals surface area contributed by atoms with Crippen LogP contribution in [0.4, 0.5) is 5.00 Å². The third-order valence-electron chi connectivity index (χ3n) is 3.08. The largest absolute Gasteiger partial charge is 0.465 e. The first-order valence-electron chi connectivity index (χ1n) is 6.64. The van der Waals surface area contributed by atoms with E-state index in [1.807, 2.05) is 31.6 Å². The van der Waals surface area contributed by atoms with Crippen molar-refractivity contribution < 1.29 is 9.53 Å². The number of aromatic nitrogens is 2. The fraction of sp³-hybridized carbons (Fsp3) is 0.357. The molecule has 2 aromatic heterocycles. The molecule has 2 aromatic rings. The highest BCUT2D eigenvalue weighted by molar-refractivity contribution is 7.80. The van der Waals surface area contributed by atoms with Crippen LogP contribution in [0.1, 0.15) is 26.6 Å². The number of nitrogens with zero attached hydrogens (tertiary/aromatic N) is 2. The molecule has 0 radical (unpaired) electrons. The zero-order valence-electron chi connectivity index (χ0n) is 12.9. The molecule has 0 aliphatic rings. The second-order valence-corrected chi connectivity index (χ2v) is 6.46. The highest BCUT2D eigenvalue weighted by Crippen LogP contribution is 2.28. The average Bonchev–Trinajstić information content (AvgIpc) is 2.99. The van der Waals surface area contributed by atoms with Gasteiger partial charge in [0.15, 0.2) is 5.11 Å². The van der Waals surface area contributed by atoms with Gasteiger partial charge in [-0.05, 0) is 38.2 Å². The summed E-state index contributed by atoms with van der Waals surface area (Å²) in [6.45, 7) is 4.44. The number of aryl methyl sites for hydroxylation is 3. The maximum Gasteiger partial charge on any atom is 0.340 e. The molecule has 118 valence electrons. The number of hydrogen-bond acceptors (Lipinski definition) is 5. The molecule has 2 rings (SSSR count). The van der Waals surface area contributed by atoms with Gasteiger partial charge >= 0.3 is 5.97 Å². The summed E-state index contributed by atoms with van der Waals surface area (Å²) >= 11 is 6.72. The number of thiophene rings is 1. The second kappa shape index (κ2) is 6.89. The summed E-state index contributed by atoms with van der Waals surface area (Å²) in [6.07, 6.45) is 0. The van der Waals surface area contributed by atoms with E-state index in [1.165, 1.54) is 18.4 Å². The number of anilines is 1. The number of carbonyl (C=O) groups is 1. The minimum Gasteiger partial charge on any atom is -0.465 e. The van der Waals surface area contributed by atoms with Crippen molar-refractivity contribution in [3.8, 4) is 0 Å². The fourth-order valence-electron chi connectivity index (χ4n) is 1.91. The molecule has 6 nitrogen and oxygen atoms in total. The third kappa shape index (κ3) is 3.83. The Bertz CT molecular complexity index is 686. The monoisotopic (exact) mass is 338 g/mol. The fourth-order valence-corrected chi connectivity index (χ4v) is 3.05. The third-order valence-corrected chi connectivity index (χ3v) is 4.29. The van der Waals surface area contributed by atoms with Crippen LogP contribution in [-0.2, 0) is 18.3 Å². The Kier molecular flexibility index (Phi) is 5.15. The molecule has 22 heavy (non-hydrogen) atoms. The summed E-state index contributed by atoms with van der Waals surface area (Å²) in [5.41, 5.74) is 2.47. The summed E-state index contributed by atoms with van der Waals surface area (Å²) in [7, 11) is 3.26. The van der Waals surface area contributed by atoms with Crippen LogP contribution in [0, 0.1) is 13.8 Å². The number of thiocarbonyl (C=S) groups is 1. The van der Waals surface area contributed by atoms with Crippen molar-refractivity contribution in [1.29, 1.82) is 0 Å². The minimum atomic E-state index is -0.380. The van der Waals surface area contributed by atoms with E-state index >= 15 is 0 Å². The molecule has 0 atom stereocenters. The first-order chi connectivity index (χ1) is 10.4. The molecule has 0 unspecified atom stereocenters. The molecular weight excluding hydrogens is 320 g/mol. The van der Waals surface area contributed by atoms with Gasteiger partial charge in [-0.15, -0.1) is 11.3 Å². The summed E-state index contributed by atoms with van der Waals surface area (Å²) in [5.74, 6) is -0.380. The lowest BCUT2D eigenvalue weighted by molar-refractivity contribution is 0.0602. The van der Waals surface area contributed by atoms with Gasteiger partial charge in [0.25, 0.3) is 0 Å². The van der Waals surface area contributed by atoms with Crippen LogP contribution in [0.25, 0.3) is 0 Å². The van der Waals surface area contributed by atoms with Crippen molar-refractivity contribution in [2.45, 2.75) is 20.4 Å². The molecule has 0 aromatic carbocycles. The van der Waals surface area contributed by atoms with Crippen LogP contribution >= 0.6 is 23.6 Å². The number of ether oxygens (including phenoxy) is 1. The molecule has 0 fully saturated rings. The Morgan fingerprint density at radius 1 is 1.45 bits per heavy atom. The van der Waals surface area contributed by atoms with Crippen LogP contribution in [0.3, 0.4) is 0 Å². The molecule has 0 amide bonds. The van der Waals surface area contributed by atoms with Gasteiger partial charge in [-0.1, -0.05) is 0 Å². The van der Waals surface area contributed by atoms with Gasteiger partial charge in [-0.3, -0.25) is 4.68 Å². The van der Waals surface area contributed by atoms with Crippen molar-refractivity contribution in [3.63, 3.8) is 0 Å². The lowest BCUT2D eigenvalue weighted by atomic mass is 10.3.